The molecule has 1 atom stereocenters. The van der Waals surface area contributed by atoms with E-state index in [1.54, 1.807) is 0 Å². The third-order valence-corrected chi connectivity index (χ3v) is 4.05. The Morgan fingerprint density at radius 2 is 2.05 bits per heavy atom. The first-order valence-electron chi connectivity index (χ1n) is 6.26. The predicted octanol–water partition coefficient (Wildman–Crippen LogP) is 0.0698. The smallest absolute Gasteiger partial charge is 0.326 e. The van der Waals surface area contributed by atoms with Gasteiger partial charge in [0.15, 0.2) is 0 Å². The standard InChI is InChI=1S/C11H20N2O5S/c1-19(17,18)8-4-6-12-11(16)13-7-3-2-5-9(13)10(14)15/h9H,2-8H2,1H3,(H,12,16)(H,14,15). The lowest BCUT2D eigenvalue weighted by Crippen LogP contribution is -2.52. The van der Waals surface area contributed by atoms with E-state index in [0.717, 1.165) is 19.1 Å². The van der Waals surface area contributed by atoms with E-state index in [-0.39, 0.29) is 12.3 Å². The van der Waals surface area contributed by atoms with Gasteiger partial charge in [0.25, 0.3) is 0 Å². The average molecular weight is 292 g/mol. The number of carboxylic acid groups (broad SMARTS) is 1. The van der Waals surface area contributed by atoms with E-state index in [0.29, 0.717) is 19.4 Å². The fourth-order valence-corrected chi connectivity index (χ4v) is 2.73. The molecule has 1 saturated heterocycles. The van der Waals surface area contributed by atoms with Crippen molar-refractivity contribution in [3.63, 3.8) is 0 Å². The van der Waals surface area contributed by atoms with Gasteiger partial charge in [0, 0.05) is 19.3 Å². The third-order valence-electron chi connectivity index (χ3n) is 3.02. The summed E-state index contributed by atoms with van der Waals surface area (Å²) >= 11 is 0. The van der Waals surface area contributed by atoms with Gasteiger partial charge >= 0.3 is 12.0 Å². The van der Waals surface area contributed by atoms with Gasteiger partial charge in [0.1, 0.15) is 15.9 Å². The van der Waals surface area contributed by atoms with E-state index in [4.69, 9.17) is 5.11 Å². The number of likely N-dealkylation sites (tertiary alicyclic amines) is 1. The highest BCUT2D eigenvalue weighted by Crippen LogP contribution is 2.17. The van der Waals surface area contributed by atoms with Crippen molar-refractivity contribution in [2.45, 2.75) is 31.7 Å². The largest absolute Gasteiger partial charge is 0.480 e. The molecule has 8 heteroatoms. The number of hydrogen-bond acceptors (Lipinski definition) is 4. The lowest BCUT2D eigenvalue weighted by molar-refractivity contribution is -0.143. The van der Waals surface area contributed by atoms with E-state index in [2.05, 4.69) is 5.32 Å². The number of nitrogens with zero attached hydrogens (tertiary/aromatic N) is 1. The van der Waals surface area contributed by atoms with Crippen LogP contribution < -0.4 is 5.32 Å². The number of amides is 2. The molecule has 110 valence electrons. The van der Waals surface area contributed by atoms with Crippen LogP contribution in [0.15, 0.2) is 0 Å². The summed E-state index contributed by atoms with van der Waals surface area (Å²) in [7, 11) is -3.03. The van der Waals surface area contributed by atoms with Gasteiger partial charge in [-0.05, 0) is 25.7 Å². The van der Waals surface area contributed by atoms with Gasteiger partial charge in [-0.15, -0.1) is 0 Å². The van der Waals surface area contributed by atoms with Crippen molar-refractivity contribution in [2.24, 2.45) is 0 Å². The molecule has 0 bridgehead atoms. The summed E-state index contributed by atoms with van der Waals surface area (Å²) in [6.45, 7) is 0.656. The van der Waals surface area contributed by atoms with Crippen molar-refractivity contribution in [1.82, 2.24) is 10.2 Å². The fraction of sp³-hybridized carbons (Fsp3) is 0.818. The molecule has 0 aromatic carbocycles. The monoisotopic (exact) mass is 292 g/mol. The fourth-order valence-electron chi connectivity index (χ4n) is 2.06. The second kappa shape index (κ2) is 6.74. The minimum Gasteiger partial charge on any atom is -0.480 e. The molecule has 2 amide bonds. The molecular formula is C11H20N2O5S. The summed E-state index contributed by atoms with van der Waals surface area (Å²) < 4.78 is 21.8. The molecule has 1 rings (SSSR count). The van der Waals surface area contributed by atoms with Crippen LogP contribution in [0, 0.1) is 0 Å². The van der Waals surface area contributed by atoms with Crippen LogP contribution in [0.2, 0.25) is 0 Å². The van der Waals surface area contributed by atoms with Gasteiger partial charge in [-0.25, -0.2) is 18.0 Å². The number of aliphatic carboxylic acids is 1. The number of sulfone groups is 1. The molecule has 7 nitrogen and oxygen atoms in total. The van der Waals surface area contributed by atoms with Gasteiger partial charge in [-0.2, -0.15) is 0 Å². The van der Waals surface area contributed by atoms with Gasteiger partial charge in [-0.3, -0.25) is 0 Å². The molecule has 0 aromatic heterocycles. The predicted molar refractivity (Wildman–Crippen MR) is 69.7 cm³/mol. The average Bonchev–Trinajstić information content (AvgIpc) is 2.33. The SMILES string of the molecule is CS(=O)(=O)CCCNC(=O)N1CCCCC1C(=O)O. The van der Waals surface area contributed by atoms with Crippen molar-refractivity contribution in [1.29, 1.82) is 0 Å². The molecule has 1 aliphatic rings. The van der Waals surface area contributed by atoms with Crippen LogP contribution in [0.25, 0.3) is 0 Å². The molecule has 0 radical (unpaired) electrons. The summed E-state index contributed by atoms with van der Waals surface area (Å²) in [5, 5.41) is 11.6. The van der Waals surface area contributed by atoms with E-state index in [1.807, 2.05) is 0 Å². The topological polar surface area (TPSA) is 104 Å². The molecule has 1 unspecified atom stereocenters. The summed E-state index contributed by atoms with van der Waals surface area (Å²) in [4.78, 5) is 24.2. The summed E-state index contributed by atoms with van der Waals surface area (Å²) in [6.07, 6.45) is 3.53. The Labute approximate surface area is 112 Å². The lowest BCUT2D eigenvalue weighted by Gasteiger charge is -2.32. The van der Waals surface area contributed by atoms with Gasteiger partial charge in [0.2, 0.25) is 0 Å². The quantitative estimate of drug-likeness (QED) is 0.698. The minimum absolute atomic E-state index is 0.00956. The van der Waals surface area contributed by atoms with Crippen molar-refractivity contribution < 1.29 is 23.1 Å². The molecule has 0 spiro atoms. The Bertz CT molecular complexity index is 434. The Hall–Kier alpha value is -1.31. The van der Waals surface area contributed by atoms with Crippen LogP contribution in [-0.4, -0.2) is 61.6 Å². The number of hydrogen-bond donors (Lipinski definition) is 2. The highest BCUT2D eigenvalue weighted by Gasteiger charge is 2.31. The maximum absolute atomic E-state index is 11.8. The maximum Gasteiger partial charge on any atom is 0.326 e. The Kier molecular flexibility index (Phi) is 5.59. The van der Waals surface area contributed by atoms with Crippen molar-refractivity contribution in [2.75, 3.05) is 25.1 Å². The summed E-state index contributed by atoms with van der Waals surface area (Å²) in [6, 6.07) is -1.20. The Morgan fingerprint density at radius 3 is 2.63 bits per heavy atom. The van der Waals surface area contributed by atoms with Gasteiger partial charge in [-0.1, -0.05) is 0 Å². The Balaban J connectivity index is 2.41. The van der Waals surface area contributed by atoms with E-state index in [9.17, 15) is 18.0 Å². The van der Waals surface area contributed by atoms with Crippen LogP contribution in [0.4, 0.5) is 4.79 Å². The molecule has 19 heavy (non-hydrogen) atoms. The second-order valence-electron chi connectivity index (χ2n) is 4.76. The molecule has 1 heterocycles. The van der Waals surface area contributed by atoms with Crippen LogP contribution in [-0.2, 0) is 14.6 Å². The van der Waals surface area contributed by atoms with Crippen LogP contribution >= 0.6 is 0 Å². The molecular weight excluding hydrogens is 272 g/mol. The molecule has 0 aromatic rings. The highest BCUT2D eigenvalue weighted by molar-refractivity contribution is 7.90. The number of rotatable bonds is 5. The number of piperidine rings is 1. The zero-order chi connectivity index (χ0) is 14.5. The van der Waals surface area contributed by atoms with Crippen LogP contribution in [0.5, 0.6) is 0 Å². The number of nitrogens with one attached hydrogen (secondary N) is 1. The number of carbonyl (C=O) groups is 2. The first kappa shape index (κ1) is 15.7. The normalized spacial score (nSPS) is 20.1. The number of urea groups is 1. The first-order valence-corrected chi connectivity index (χ1v) is 8.32. The van der Waals surface area contributed by atoms with E-state index < -0.39 is 27.9 Å². The first-order chi connectivity index (χ1) is 8.81. The maximum atomic E-state index is 11.8. The van der Waals surface area contributed by atoms with E-state index >= 15 is 0 Å². The van der Waals surface area contributed by atoms with Crippen LogP contribution in [0.1, 0.15) is 25.7 Å². The zero-order valence-electron chi connectivity index (χ0n) is 11.0. The molecule has 0 aliphatic carbocycles. The second-order valence-corrected chi connectivity index (χ2v) is 7.02. The molecule has 2 N–H and O–H groups in total. The minimum atomic E-state index is -3.03. The lowest BCUT2D eigenvalue weighted by atomic mass is 10.0. The third kappa shape index (κ3) is 5.46. The van der Waals surface area contributed by atoms with Gasteiger partial charge in [0.05, 0.1) is 5.75 Å². The number of carboxylic acids is 1. The van der Waals surface area contributed by atoms with Crippen molar-refractivity contribution in [3.05, 3.63) is 0 Å². The van der Waals surface area contributed by atoms with Crippen molar-refractivity contribution in [3.8, 4) is 0 Å². The molecule has 1 aliphatic heterocycles. The number of carbonyl (C=O) groups excluding carboxylic acids is 1. The summed E-state index contributed by atoms with van der Waals surface area (Å²) in [5.41, 5.74) is 0. The summed E-state index contributed by atoms with van der Waals surface area (Å²) in [5.74, 6) is -0.985. The molecule has 1 fully saturated rings. The zero-order valence-corrected chi connectivity index (χ0v) is 11.8. The van der Waals surface area contributed by atoms with Crippen molar-refractivity contribution >= 4 is 21.8 Å². The van der Waals surface area contributed by atoms with Gasteiger partial charge < -0.3 is 15.3 Å². The molecule has 0 saturated carbocycles. The van der Waals surface area contributed by atoms with E-state index in [1.165, 1.54) is 4.90 Å². The Morgan fingerprint density at radius 1 is 1.37 bits per heavy atom. The highest BCUT2D eigenvalue weighted by atomic mass is 32.2. The van der Waals surface area contributed by atoms with Crippen LogP contribution in [0.3, 0.4) is 0 Å².